The minimum Gasteiger partial charge on any atom is -0.346 e. The van der Waals surface area contributed by atoms with Gasteiger partial charge in [-0.2, -0.15) is 0 Å². The number of likely N-dealkylation sites (tertiary alicyclic amines) is 1. The minimum atomic E-state index is -0.0127. The average molecular weight is 379 g/mol. The highest BCUT2D eigenvalue weighted by Crippen LogP contribution is 2.22. The molecule has 0 aliphatic carbocycles. The summed E-state index contributed by atoms with van der Waals surface area (Å²) in [6.07, 6.45) is 2.63. The molecule has 1 N–H and O–H groups in total. The van der Waals surface area contributed by atoms with Gasteiger partial charge < -0.3 is 5.32 Å². The van der Waals surface area contributed by atoms with Crippen LogP contribution >= 0.6 is 0 Å². The number of aryl methyl sites for hydroxylation is 3. The molecule has 3 nitrogen and oxygen atoms in total. The number of nitrogens with one attached hydrogen (secondary N) is 1. The Morgan fingerprint density at radius 2 is 1.79 bits per heavy atom. The molecule has 3 rings (SSSR count). The predicted molar refractivity (Wildman–Crippen MR) is 117 cm³/mol. The molecule has 0 unspecified atom stereocenters. The van der Waals surface area contributed by atoms with Crippen LogP contribution in [0.1, 0.15) is 70.9 Å². The van der Waals surface area contributed by atoms with E-state index in [1.165, 1.54) is 53.7 Å². The van der Waals surface area contributed by atoms with Crippen LogP contribution in [-0.2, 0) is 6.54 Å². The zero-order chi connectivity index (χ0) is 20.3. The van der Waals surface area contributed by atoms with Crippen molar-refractivity contribution in [3.05, 3.63) is 69.8 Å². The first-order valence-electron chi connectivity index (χ1n) is 10.5. The van der Waals surface area contributed by atoms with E-state index in [1.54, 1.807) is 0 Å². The number of piperidine rings is 1. The third-order valence-electron chi connectivity index (χ3n) is 6.06. The van der Waals surface area contributed by atoms with E-state index in [-0.39, 0.29) is 11.9 Å². The fraction of sp³-hybridized carbons (Fsp3) is 0.480. The Balaban J connectivity index is 1.62. The van der Waals surface area contributed by atoms with Crippen LogP contribution in [0, 0.1) is 26.7 Å². The van der Waals surface area contributed by atoms with Crippen LogP contribution in [0.4, 0.5) is 0 Å². The molecule has 2 atom stereocenters. The molecule has 2 aromatic rings. The molecule has 1 aliphatic heterocycles. The number of hydrogen-bond donors (Lipinski definition) is 1. The second-order valence-electron chi connectivity index (χ2n) is 8.67. The Hall–Kier alpha value is -2.13. The van der Waals surface area contributed by atoms with E-state index >= 15 is 0 Å². The van der Waals surface area contributed by atoms with E-state index in [4.69, 9.17) is 0 Å². The molecule has 3 heteroatoms. The van der Waals surface area contributed by atoms with Crippen molar-refractivity contribution in [3.63, 3.8) is 0 Å². The van der Waals surface area contributed by atoms with Crippen LogP contribution in [-0.4, -0.2) is 23.9 Å². The molecule has 1 aliphatic rings. The van der Waals surface area contributed by atoms with E-state index < -0.39 is 0 Å². The van der Waals surface area contributed by atoms with Gasteiger partial charge in [-0.15, -0.1) is 0 Å². The fourth-order valence-corrected chi connectivity index (χ4v) is 4.26. The monoisotopic (exact) mass is 378 g/mol. The van der Waals surface area contributed by atoms with E-state index in [2.05, 4.69) is 69.1 Å². The number of nitrogens with zero attached hydrogens (tertiary/aromatic N) is 1. The number of amides is 1. The van der Waals surface area contributed by atoms with Gasteiger partial charge in [-0.1, -0.05) is 31.2 Å². The van der Waals surface area contributed by atoms with Crippen molar-refractivity contribution in [2.75, 3.05) is 13.1 Å². The normalized spacial score (nSPS) is 18.7. The maximum atomic E-state index is 12.7. The summed E-state index contributed by atoms with van der Waals surface area (Å²) in [6.45, 7) is 14.1. The van der Waals surface area contributed by atoms with Crippen molar-refractivity contribution >= 4 is 5.91 Å². The molecule has 0 spiro atoms. The Morgan fingerprint density at radius 3 is 2.46 bits per heavy atom. The molecule has 1 amide bonds. The van der Waals surface area contributed by atoms with Crippen LogP contribution in [0.25, 0.3) is 0 Å². The minimum absolute atomic E-state index is 0.0109. The van der Waals surface area contributed by atoms with Crippen molar-refractivity contribution in [1.29, 1.82) is 0 Å². The number of carbonyl (C=O) groups excluding carboxylic acids is 1. The molecule has 0 aromatic heterocycles. The van der Waals surface area contributed by atoms with Crippen molar-refractivity contribution < 1.29 is 4.79 Å². The van der Waals surface area contributed by atoms with Crippen molar-refractivity contribution in [3.8, 4) is 0 Å². The van der Waals surface area contributed by atoms with E-state index in [0.29, 0.717) is 0 Å². The summed E-state index contributed by atoms with van der Waals surface area (Å²) in [5.41, 5.74) is 6.97. The second-order valence-corrected chi connectivity index (χ2v) is 8.67. The van der Waals surface area contributed by atoms with Gasteiger partial charge in [0.2, 0.25) is 0 Å². The summed E-state index contributed by atoms with van der Waals surface area (Å²) in [5.74, 6) is 0.775. The molecule has 0 saturated carbocycles. The lowest BCUT2D eigenvalue weighted by molar-refractivity contribution is 0.0940. The van der Waals surface area contributed by atoms with Crippen molar-refractivity contribution in [2.45, 2.75) is 60.0 Å². The molecule has 1 heterocycles. The third-order valence-corrected chi connectivity index (χ3v) is 6.06. The van der Waals surface area contributed by atoms with Crippen LogP contribution in [0.2, 0.25) is 0 Å². The van der Waals surface area contributed by atoms with Gasteiger partial charge in [0, 0.05) is 18.7 Å². The lowest BCUT2D eigenvalue weighted by atomic mass is 9.96. The summed E-state index contributed by atoms with van der Waals surface area (Å²) in [5, 5.41) is 3.16. The average Bonchev–Trinajstić information content (AvgIpc) is 2.65. The molecule has 0 radical (unpaired) electrons. The molecule has 28 heavy (non-hydrogen) atoms. The quantitative estimate of drug-likeness (QED) is 0.762. The maximum Gasteiger partial charge on any atom is 0.251 e. The van der Waals surface area contributed by atoms with Gasteiger partial charge in [0.1, 0.15) is 0 Å². The SMILES string of the molecule is Cc1cc(C)c([C@H](C)NC(=O)c2ccc(CN3CCC[C@H](C)C3)cc2)cc1C. The van der Waals surface area contributed by atoms with Gasteiger partial charge in [-0.25, -0.2) is 0 Å². The predicted octanol–water partition coefficient (Wildman–Crippen LogP) is 5.33. The topological polar surface area (TPSA) is 32.3 Å². The van der Waals surface area contributed by atoms with Crippen LogP contribution < -0.4 is 5.32 Å². The third kappa shape index (κ3) is 5.02. The van der Waals surface area contributed by atoms with E-state index in [9.17, 15) is 4.79 Å². The highest BCUT2D eigenvalue weighted by atomic mass is 16.1. The molecular weight excluding hydrogens is 344 g/mol. The highest BCUT2D eigenvalue weighted by Gasteiger charge is 2.17. The zero-order valence-corrected chi connectivity index (χ0v) is 18.0. The Bertz CT molecular complexity index is 825. The first-order valence-corrected chi connectivity index (χ1v) is 10.5. The Morgan fingerprint density at radius 1 is 1.11 bits per heavy atom. The summed E-state index contributed by atoms with van der Waals surface area (Å²) >= 11 is 0. The second kappa shape index (κ2) is 8.91. The molecular formula is C25H34N2O. The van der Waals surface area contributed by atoms with Gasteiger partial charge in [-0.3, -0.25) is 9.69 Å². The van der Waals surface area contributed by atoms with Crippen molar-refractivity contribution in [2.24, 2.45) is 5.92 Å². The molecule has 150 valence electrons. The smallest absolute Gasteiger partial charge is 0.251 e. The van der Waals surface area contributed by atoms with Gasteiger partial charge in [-0.05, 0) is 92.9 Å². The lowest BCUT2D eigenvalue weighted by Gasteiger charge is -2.30. The summed E-state index contributed by atoms with van der Waals surface area (Å²) in [7, 11) is 0. The van der Waals surface area contributed by atoms with Crippen LogP contribution in [0.5, 0.6) is 0 Å². The van der Waals surface area contributed by atoms with E-state index in [0.717, 1.165) is 18.0 Å². The van der Waals surface area contributed by atoms with Gasteiger partial charge in [0.05, 0.1) is 6.04 Å². The number of benzene rings is 2. The highest BCUT2D eigenvalue weighted by molar-refractivity contribution is 5.94. The Kier molecular flexibility index (Phi) is 6.56. The first-order chi connectivity index (χ1) is 13.3. The lowest BCUT2D eigenvalue weighted by Crippen LogP contribution is -2.33. The number of rotatable bonds is 5. The summed E-state index contributed by atoms with van der Waals surface area (Å²) in [6, 6.07) is 12.5. The number of hydrogen-bond acceptors (Lipinski definition) is 2. The zero-order valence-electron chi connectivity index (χ0n) is 18.0. The molecule has 2 aromatic carbocycles. The molecule has 0 bridgehead atoms. The Labute approximate surface area is 170 Å². The molecule has 1 saturated heterocycles. The van der Waals surface area contributed by atoms with Crippen LogP contribution in [0.3, 0.4) is 0 Å². The standard InChI is InChI=1S/C25H34N2O/c1-17-7-6-12-27(15-17)16-22-8-10-23(11-9-22)25(28)26-21(5)24-14-19(3)18(2)13-20(24)4/h8-11,13-14,17,21H,6-7,12,15-16H2,1-5H3,(H,26,28)/t17-,21-/m0/s1. The van der Waals surface area contributed by atoms with Gasteiger partial charge in [0.25, 0.3) is 5.91 Å². The largest absolute Gasteiger partial charge is 0.346 e. The van der Waals surface area contributed by atoms with Crippen molar-refractivity contribution in [1.82, 2.24) is 10.2 Å². The number of carbonyl (C=O) groups is 1. The fourth-order valence-electron chi connectivity index (χ4n) is 4.26. The first kappa shape index (κ1) is 20.6. The van der Waals surface area contributed by atoms with Gasteiger partial charge >= 0.3 is 0 Å². The summed E-state index contributed by atoms with van der Waals surface area (Å²) in [4.78, 5) is 15.2. The van der Waals surface area contributed by atoms with Crippen LogP contribution in [0.15, 0.2) is 36.4 Å². The summed E-state index contributed by atoms with van der Waals surface area (Å²) < 4.78 is 0. The maximum absolute atomic E-state index is 12.7. The van der Waals surface area contributed by atoms with E-state index in [1.807, 2.05) is 12.1 Å². The molecule has 1 fully saturated rings. The van der Waals surface area contributed by atoms with Gasteiger partial charge in [0.15, 0.2) is 0 Å².